The van der Waals surface area contributed by atoms with Crippen molar-refractivity contribution >= 4 is 5.78 Å². The Morgan fingerprint density at radius 3 is 2.80 bits per heavy atom. The highest BCUT2D eigenvalue weighted by Crippen LogP contribution is 2.49. The lowest BCUT2D eigenvalue weighted by Crippen LogP contribution is -2.16. The van der Waals surface area contributed by atoms with Gasteiger partial charge < -0.3 is 4.74 Å². The van der Waals surface area contributed by atoms with Crippen LogP contribution in [-0.4, -0.2) is 12.4 Å². The quantitative estimate of drug-likeness (QED) is 0.713. The second-order valence-electron chi connectivity index (χ2n) is 6.41. The molecule has 3 rings (SSSR count). The van der Waals surface area contributed by atoms with Crippen LogP contribution in [0, 0.1) is 17.8 Å². The van der Waals surface area contributed by atoms with Crippen molar-refractivity contribution in [3.63, 3.8) is 0 Å². The molecule has 3 atom stereocenters. The number of hydrogen-bond acceptors (Lipinski definition) is 2. The van der Waals surface area contributed by atoms with Gasteiger partial charge in [-0.25, -0.2) is 0 Å². The van der Waals surface area contributed by atoms with E-state index in [2.05, 4.69) is 6.92 Å². The van der Waals surface area contributed by atoms with Crippen LogP contribution in [0.4, 0.5) is 0 Å². The first-order valence-electron chi connectivity index (χ1n) is 8.03. The maximum atomic E-state index is 12.6. The van der Waals surface area contributed by atoms with Crippen LogP contribution in [-0.2, 0) is 0 Å². The van der Waals surface area contributed by atoms with Gasteiger partial charge in [0.1, 0.15) is 5.75 Å². The summed E-state index contributed by atoms with van der Waals surface area (Å²) in [5, 5.41) is 0. The van der Waals surface area contributed by atoms with Crippen LogP contribution in [0.1, 0.15) is 55.8 Å². The van der Waals surface area contributed by atoms with E-state index < -0.39 is 0 Å². The van der Waals surface area contributed by atoms with Crippen molar-refractivity contribution in [1.82, 2.24) is 0 Å². The Balaban J connectivity index is 1.67. The SMILES string of the molecule is CCCOc1ccccc1C(=O)CC1CC2CCC1C2. The van der Waals surface area contributed by atoms with Crippen LogP contribution in [0.5, 0.6) is 5.75 Å². The van der Waals surface area contributed by atoms with E-state index in [9.17, 15) is 4.79 Å². The van der Waals surface area contributed by atoms with Gasteiger partial charge in [0.05, 0.1) is 12.2 Å². The van der Waals surface area contributed by atoms with Gasteiger partial charge in [-0.3, -0.25) is 4.79 Å². The molecule has 2 aliphatic rings. The third-order valence-electron chi connectivity index (χ3n) is 4.98. The number of ketones is 1. The Morgan fingerprint density at radius 2 is 2.10 bits per heavy atom. The molecule has 1 aromatic rings. The van der Waals surface area contributed by atoms with Crippen molar-refractivity contribution in [1.29, 1.82) is 0 Å². The molecule has 1 aromatic carbocycles. The predicted molar refractivity (Wildman–Crippen MR) is 80.1 cm³/mol. The summed E-state index contributed by atoms with van der Waals surface area (Å²) in [6, 6.07) is 7.72. The summed E-state index contributed by atoms with van der Waals surface area (Å²) in [5.74, 6) is 3.38. The monoisotopic (exact) mass is 272 g/mol. The van der Waals surface area contributed by atoms with Crippen molar-refractivity contribution < 1.29 is 9.53 Å². The largest absolute Gasteiger partial charge is 0.493 e. The molecule has 0 spiro atoms. The molecule has 2 heteroatoms. The number of carbonyl (C=O) groups excluding carboxylic acids is 1. The number of rotatable bonds is 6. The van der Waals surface area contributed by atoms with Crippen molar-refractivity contribution in [3.8, 4) is 5.75 Å². The van der Waals surface area contributed by atoms with E-state index in [0.717, 1.165) is 29.6 Å². The molecule has 0 aromatic heterocycles. The topological polar surface area (TPSA) is 26.3 Å². The van der Waals surface area contributed by atoms with Gasteiger partial charge in [0, 0.05) is 6.42 Å². The molecule has 0 aliphatic heterocycles. The van der Waals surface area contributed by atoms with Crippen LogP contribution >= 0.6 is 0 Å². The molecule has 3 unspecified atom stereocenters. The number of hydrogen-bond donors (Lipinski definition) is 0. The summed E-state index contributed by atoms with van der Waals surface area (Å²) in [7, 11) is 0. The number of benzene rings is 1. The first kappa shape index (κ1) is 13.7. The van der Waals surface area contributed by atoms with Gasteiger partial charge >= 0.3 is 0 Å². The molecule has 0 N–H and O–H groups in total. The van der Waals surface area contributed by atoms with Gasteiger partial charge in [0.15, 0.2) is 5.78 Å². The van der Waals surface area contributed by atoms with E-state index >= 15 is 0 Å². The molecule has 2 nitrogen and oxygen atoms in total. The average molecular weight is 272 g/mol. The molecule has 2 fully saturated rings. The Hall–Kier alpha value is -1.31. The van der Waals surface area contributed by atoms with Crippen LogP contribution in [0.2, 0.25) is 0 Å². The van der Waals surface area contributed by atoms with E-state index in [-0.39, 0.29) is 5.78 Å². The average Bonchev–Trinajstić information content (AvgIpc) is 3.08. The number of fused-ring (bicyclic) bond motifs is 2. The molecule has 2 bridgehead atoms. The van der Waals surface area contributed by atoms with Gasteiger partial charge in [0.25, 0.3) is 0 Å². The minimum absolute atomic E-state index is 0.272. The Morgan fingerprint density at radius 1 is 1.25 bits per heavy atom. The molecule has 0 saturated heterocycles. The zero-order chi connectivity index (χ0) is 13.9. The van der Waals surface area contributed by atoms with Crippen molar-refractivity contribution in [2.75, 3.05) is 6.61 Å². The summed E-state index contributed by atoms with van der Waals surface area (Å²) in [6.45, 7) is 2.76. The number of ether oxygens (including phenoxy) is 1. The molecule has 2 saturated carbocycles. The highest BCUT2D eigenvalue weighted by atomic mass is 16.5. The lowest BCUT2D eigenvalue weighted by atomic mass is 9.84. The molecular weight excluding hydrogens is 248 g/mol. The molecule has 108 valence electrons. The first-order valence-corrected chi connectivity index (χ1v) is 8.03. The van der Waals surface area contributed by atoms with Crippen LogP contribution in [0.25, 0.3) is 0 Å². The highest BCUT2D eigenvalue weighted by Gasteiger charge is 2.40. The number of Topliss-reactive ketones (excluding diaryl/α,β-unsaturated/α-hetero) is 1. The van der Waals surface area contributed by atoms with Gasteiger partial charge in [0.2, 0.25) is 0 Å². The molecule has 0 amide bonds. The Labute approximate surface area is 121 Å². The summed E-state index contributed by atoms with van der Waals surface area (Å²) in [4.78, 5) is 12.6. The fraction of sp³-hybridized carbons (Fsp3) is 0.611. The minimum Gasteiger partial charge on any atom is -0.493 e. The van der Waals surface area contributed by atoms with Gasteiger partial charge in [-0.15, -0.1) is 0 Å². The molecule has 2 aliphatic carbocycles. The zero-order valence-electron chi connectivity index (χ0n) is 12.3. The maximum Gasteiger partial charge on any atom is 0.166 e. The van der Waals surface area contributed by atoms with Crippen LogP contribution in [0.3, 0.4) is 0 Å². The van der Waals surface area contributed by atoms with E-state index in [1.807, 2.05) is 24.3 Å². The molecule has 0 radical (unpaired) electrons. The van der Waals surface area contributed by atoms with E-state index in [1.165, 1.54) is 25.7 Å². The summed E-state index contributed by atoms with van der Waals surface area (Å²) >= 11 is 0. The smallest absolute Gasteiger partial charge is 0.166 e. The van der Waals surface area contributed by atoms with Crippen molar-refractivity contribution in [2.45, 2.75) is 45.4 Å². The summed E-state index contributed by atoms with van der Waals surface area (Å²) < 4.78 is 5.71. The van der Waals surface area contributed by atoms with E-state index in [0.29, 0.717) is 18.9 Å². The van der Waals surface area contributed by atoms with Gasteiger partial charge in [-0.1, -0.05) is 25.5 Å². The maximum absolute atomic E-state index is 12.6. The second kappa shape index (κ2) is 5.99. The molecular formula is C18H24O2. The third-order valence-corrected chi connectivity index (χ3v) is 4.98. The normalized spacial score (nSPS) is 27.8. The predicted octanol–water partition coefficient (Wildman–Crippen LogP) is 4.48. The van der Waals surface area contributed by atoms with Crippen LogP contribution in [0.15, 0.2) is 24.3 Å². The lowest BCUT2D eigenvalue weighted by molar-refractivity contribution is 0.0940. The number of para-hydroxylation sites is 1. The first-order chi connectivity index (χ1) is 9.78. The fourth-order valence-electron chi connectivity index (χ4n) is 4.01. The summed E-state index contributed by atoms with van der Waals surface area (Å²) in [5.41, 5.74) is 0.781. The van der Waals surface area contributed by atoms with Crippen LogP contribution < -0.4 is 4.74 Å². The van der Waals surface area contributed by atoms with Gasteiger partial charge in [-0.05, 0) is 55.6 Å². The third kappa shape index (κ3) is 2.74. The van der Waals surface area contributed by atoms with Crippen molar-refractivity contribution in [2.24, 2.45) is 17.8 Å². The highest BCUT2D eigenvalue weighted by molar-refractivity contribution is 5.98. The lowest BCUT2D eigenvalue weighted by Gasteiger charge is -2.21. The zero-order valence-corrected chi connectivity index (χ0v) is 12.3. The second-order valence-corrected chi connectivity index (χ2v) is 6.41. The van der Waals surface area contributed by atoms with Gasteiger partial charge in [-0.2, -0.15) is 0 Å². The van der Waals surface area contributed by atoms with E-state index in [1.54, 1.807) is 0 Å². The van der Waals surface area contributed by atoms with E-state index in [4.69, 9.17) is 4.74 Å². The summed E-state index contributed by atoms with van der Waals surface area (Å²) in [6.07, 6.45) is 7.06. The molecule has 0 heterocycles. The fourth-order valence-corrected chi connectivity index (χ4v) is 4.01. The van der Waals surface area contributed by atoms with Crippen molar-refractivity contribution in [3.05, 3.63) is 29.8 Å². The minimum atomic E-state index is 0.272. The Bertz CT molecular complexity index is 480. The molecule has 20 heavy (non-hydrogen) atoms. The number of carbonyl (C=O) groups is 1. The standard InChI is InChI=1S/C18H24O2/c1-2-9-20-18-6-4-3-5-16(18)17(19)12-15-11-13-7-8-14(15)10-13/h3-6,13-15H,2,7-12H2,1H3. The Kier molecular flexibility index (Phi) is 4.09.